The molecule has 1 aliphatic heterocycles. The molecule has 3 aromatic rings. The number of oxazole rings is 1. The molecule has 2 heterocycles. The maximum absolute atomic E-state index is 12.3. The molecule has 0 radical (unpaired) electrons. The monoisotopic (exact) mass is 396 g/mol. The summed E-state index contributed by atoms with van der Waals surface area (Å²) in [5.74, 6) is 2.52. The predicted molar refractivity (Wildman–Crippen MR) is 102 cm³/mol. The molecule has 1 amide bonds. The van der Waals surface area contributed by atoms with E-state index < -0.39 is 0 Å². The Balaban J connectivity index is 1.33. The van der Waals surface area contributed by atoms with Crippen LogP contribution in [0.5, 0.6) is 23.0 Å². The third-order valence-corrected chi connectivity index (χ3v) is 4.34. The second-order valence-corrected chi connectivity index (χ2v) is 6.44. The van der Waals surface area contributed by atoms with Crippen LogP contribution in [-0.2, 0) is 13.2 Å². The molecule has 29 heavy (non-hydrogen) atoms. The number of ether oxygens (including phenoxy) is 4. The highest BCUT2D eigenvalue weighted by molar-refractivity contribution is 5.91. The van der Waals surface area contributed by atoms with Gasteiger partial charge in [0.25, 0.3) is 5.91 Å². The maximum atomic E-state index is 12.3. The smallest absolute Gasteiger partial charge is 0.273 e. The molecule has 0 atom stereocenters. The van der Waals surface area contributed by atoms with Crippen molar-refractivity contribution < 1.29 is 28.2 Å². The van der Waals surface area contributed by atoms with Crippen molar-refractivity contribution >= 4 is 5.91 Å². The third-order valence-electron chi connectivity index (χ3n) is 4.34. The van der Waals surface area contributed by atoms with E-state index >= 15 is 0 Å². The van der Waals surface area contributed by atoms with Crippen LogP contribution in [0.2, 0.25) is 0 Å². The Morgan fingerprint density at radius 1 is 1.14 bits per heavy atom. The average Bonchev–Trinajstić information content (AvgIpc) is 3.40. The molecule has 0 unspecified atom stereocenters. The van der Waals surface area contributed by atoms with Gasteiger partial charge in [-0.05, 0) is 42.3 Å². The van der Waals surface area contributed by atoms with Crippen LogP contribution in [0, 0.1) is 6.92 Å². The molecule has 1 N–H and O–H groups in total. The lowest BCUT2D eigenvalue weighted by atomic mass is 10.2. The van der Waals surface area contributed by atoms with E-state index in [-0.39, 0.29) is 25.0 Å². The third kappa shape index (κ3) is 4.26. The topological polar surface area (TPSA) is 92.1 Å². The number of amides is 1. The minimum absolute atomic E-state index is 0.0782. The van der Waals surface area contributed by atoms with Crippen LogP contribution in [0.3, 0.4) is 0 Å². The molecular weight excluding hydrogens is 376 g/mol. The van der Waals surface area contributed by atoms with Crippen LogP contribution in [0.1, 0.15) is 27.5 Å². The lowest BCUT2D eigenvalue weighted by Gasteiger charge is -2.09. The second kappa shape index (κ2) is 8.14. The first-order chi connectivity index (χ1) is 14.1. The summed E-state index contributed by atoms with van der Waals surface area (Å²) >= 11 is 0. The zero-order valence-corrected chi connectivity index (χ0v) is 16.1. The van der Waals surface area contributed by atoms with Crippen molar-refractivity contribution in [2.24, 2.45) is 0 Å². The van der Waals surface area contributed by atoms with Crippen molar-refractivity contribution in [3.63, 3.8) is 0 Å². The quantitative estimate of drug-likeness (QED) is 0.655. The molecule has 0 bridgehead atoms. The van der Waals surface area contributed by atoms with Gasteiger partial charge in [0, 0.05) is 6.54 Å². The fourth-order valence-corrected chi connectivity index (χ4v) is 2.84. The normalized spacial score (nSPS) is 11.9. The Bertz CT molecular complexity index is 1030. The summed E-state index contributed by atoms with van der Waals surface area (Å²) in [5.41, 5.74) is 2.13. The Morgan fingerprint density at radius 2 is 2.00 bits per heavy atom. The van der Waals surface area contributed by atoms with Crippen LogP contribution >= 0.6 is 0 Å². The molecule has 0 fully saturated rings. The van der Waals surface area contributed by atoms with Crippen molar-refractivity contribution in [2.75, 3.05) is 13.9 Å². The molecular formula is C21H20N2O6. The van der Waals surface area contributed by atoms with Crippen LogP contribution in [-0.4, -0.2) is 24.8 Å². The van der Waals surface area contributed by atoms with Gasteiger partial charge in [0.2, 0.25) is 12.7 Å². The highest BCUT2D eigenvalue weighted by Gasteiger charge is 2.16. The fraction of sp³-hybridized carbons (Fsp3) is 0.238. The number of rotatable bonds is 7. The molecule has 4 rings (SSSR count). The van der Waals surface area contributed by atoms with E-state index in [1.54, 1.807) is 7.11 Å². The lowest BCUT2D eigenvalue weighted by molar-refractivity contribution is 0.0945. The number of carbonyl (C=O) groups excluding carboxylic acids is 1. The van der Waals surface area contributed by atoms with Crippen LogP contribution < -0.4 is 24.3 Å². The summed E-state index contributed by atoms with van der Waals surface area (Å²) in [6, 6.07) is 11.1. The summed E-state index contributed by atoms with van der Waals surface area (Å²) in [5, 5.41) is 2.80. The number of nitrogens with zero attached hydrogens (tertiary/aromatic N) is 1. The first-order valence-corrected chi connectivity index (χ1v) is 9.01. The molecule has 1 aromatic heterocycles. The van der Waals surface area contributed by atoms with Gasteiger partial charge >= 0.3 is 0 Å². The number of aryl methyl sites for hydroxylation is 1. The van der Waals surface area contributed by atoms with Gasteiger partial charge in [-0.15, -0.1) is 0 Å². The molecule has 0 saturated carbocycles. The Morgan fingerprint density at radius 3 is 2.86 bits per heavy atom. The summed E-state index contributed by atoms with van der Waals surface area (Å²) in [6.07, 6.45) is 1.31. The summed E-state index contributed by atoms with van der Waals surface area (Å²) in [4.78, 5) is 16.5. The lowest BCUT2D eigenvalue weighted by Crippen LogP contribution is -2.23. The Labute approximate surface area is 167 Å². The number of benzene rings is 2. The Hall–Kier alpha value is -3.68. The van der Waals surface area contributed by atoms with E-state index in [4.69, 9.17) is 23.4 Å². The summed E-state index contributed by atoms with van der Waals surface area (Å²) in [6.45, 7) is 2.59. The zero-order chi connectivity index (χ0) is 20.2. The van der Waals surface area contributed by atoms with E-state index in [1.165, 1.54) is 6.26 Å². The number of hydrogen-bond acceptors (Lipinski definition) is 7. The largest absolute Gasteiger partial charge is 0.493 e. The van der Waals surface area contributed by atoms with Gasteiger partial charge in [0.1, 0.15) is 6.26 Å². The number of aromatic nitrogens is 1. The minimum Gasteiger partial charge on any atom is -0.493 e. The van der Waals surface area contributed by atoms with Crippen molar-refractivity contribution in [1.82, 2.24) is 10.3 Å². The van der Waals surface area contributed by atoms with Crippen LogP contribution in [0.25, 0.3) is 0 Å². The van der Waals surface area contributed by atoms with Gasteiger partial charge in [-0.1, -0.05) is 12.1 Å². The highest BCUT2D eigenvalue weighted by atomic mass is 16.7. The van der Waals surface area contributed by atoms with Crippen LogP contribution in [0.15, 0.2) is 47.1 Å². The van der Waals surface area contributed by atoms with Crippen molar-refractivity contribution in [3.05, 3.63) is 65.4 Å². The average molecular weight is 396 g/mol. The van der Waals surface area contributed by atoms with E-state index in [1.807, 2.05) is 43.3 Å². The molecule has 1 aliphatic rings. The van der Waals surface area contributed by atoms with Crippen LogP contribution in [0.4, 0.5) is 0 Å². The minimum atomic E-state index is -0.342. The standard InChI is InChI=1S/C21H20N2O6/c1-13-3-5-16(18(7-13)25-2)26-11-20-23-15(10-27-20)21(24)22-9-14-4-6-17-19(8-14)29-12-28-17/h3-8,10H,9,11-12H2,1-2H3,(H,22,24). The predicted octanol–water partition coefficient (Wildman–Crippen LogP) is 3.23. The Kier molecular flexibility index (Phi) is 5.24. The van der Waals surface area contributed by atoms with Gasteiger partial charge in [0.15, 0.2) is 35.3 Å². The van der Waals surface area contributed by atoms with Crippen molar-refractivity contribution in [1.29, 1.82) is 0 Å². The van der Waals surface area contributed by atoms with Gasteiger partial charge < -0.3 is 28.7 Å². The second-order valence-electron chi connectivity index (χ2n) is 6.44. The number of carbonyl (C=O) groups is 1. The van der Waals surface area contributed by atoms with Gasteiger partial charge in [-0.2, -0.15) is 0 Å². The summed E-state index contributed by atoms with van der Waals surface area (Å²) in [7, 11) is 1.58. The molecule has 0 saturated heterocycles. The number of hydrogen-bond donors (Lipinski definition) is 1. The van der Waals surface area contributed by atoms with E-state index in [0.29, 0.717) is 35.4 Å². The molecule has 150 valence electrons. The van der Waals surface area contributed by atoms with Gasteiger partial charge in [-0.25, -0.2) is 4.98 Å². The molecule has 8 nitrogen and oxygen atoms in total. The SMILES string of the molecule is COc1cc(C)ccc1OCc1nc(C(=O)NCc2ccc3c(c2)OCO3)co1. The zero-order valence-electron chi connectivity index (χ0n) is 16.1. The number of fused-ring (bicyclic) bond motifs is 1. The first-order valence-electron chi connectivity index (χ1n) is 9.01. The van der Waals surface area contributed by atoms with Gasteiger partial charge in [0.05, 0.1) is 7.11 Å². The number of methoxy groups -OCH3 is 1. The highest BCUT2D eigenvalue weighted by Crippen LogP contribution is 2.32. The van der Waals surface area contributed by atoms with Gasteiger partial charge in [-0.3, -0.25) is 4.79 Å². The molecule has 0 spiro atoms. The molecule has 2 aromatic carbocycles. The summed E-state index contributed by atoms with van der Waals surface area (Å²) < 4.78 is 27.0. The molecule has 8 heteroatoms. The van der Waals surface area contributed by atoms with Crippen molar-refractivity contribution in [3.8, 4) is 23.0 Å². The molecule has 0 aliphatic carbocycles. The van der Waals surface area contributed by atoms with Crippen molar-refractivity contribution in [2.45, 2.75) is 20.1 Å². The van der Waals surface area contributed by atoms with E-state index in [0.717, 1.165) is 11.1 Å². The maximum Gasteiger partial charge on any atom is 0.273 e. The van der Waals surface area contributed by atoms with E-state index in [9.17, 15) is 4.79 Å². The first kappa shape index (κ1) is 18.7. The van der Waals surface area contributed by atoms with E-state index in [2.05, 4.69) is 10.3 Å². The number of nitrogens with one attached hydrogen (secondary N) is 1. The fourth-order valence-electron chi connectivity index (χ4n) is 2.84.